The van der Waals surface area contributed by atoms with E-state index in [9.17, 15) is 29.7 Å². The SMILES string of the molecule is CC(C)C1=CC2=CCC3[C@](C)(C(=O)[O-])CCC[C@]3(C)[C@H]2CC1.CC(C)C1=CC2=CCC3[C@](C)(C(=O)[O-])CCC[C@]3(C)[C@H]2CC1.CC(C)C1=CC2=CCC3[C@](C)(C(=O)[O-])CCC[C@]3(C)[C@H]2CC1.[Fe+3]. The Hall–Kier alpha value is -2.63. The molecule has 1 radical (unpaired) electrons. The molecule has 0 N–H and O–H groups in total. The average molecular weight is 960 g/mol. The van der Waals surface area contributed by atoms with Gasteiger partial charge in [0.2, 0.25) is 0 Å². The summed E-state index contributed by atoms with van der Waals surface area (Å²) < 4.78 is 0. The quantitative estimate of drug-likeness (QED) is 0.245. The molecule has 7 heteroatoms. The van der Waals surface area contributed by atoms with Gasteiger partial charge in [0.1, 0.15) is 0 Å². The largest absolute Gasteiger partial charge is 3.00 e. The van der Waals surface area contributed by atoms with E-state index in [0.717, 1.165) is 77.0 Å². The molecule has 3 unspecified atom stereocenters. The molecule has 9 rings (SSSR count). The Morgan fingerprint density at radius 2 is 0.687 bits per heavy atom. The third-order valence-corrected chi connectivity index (χ3v) is 21.1. The molecular weight excluding hydrogens is 872 g/mol. The Morgan fingerprint density at radius 1 is 0.448 bits per heavy atom. The molecule has 3 fully saturated rings. The van der Waals surface area contributed by atoms with Crippen LogP contribution in [0.5, 0.6) is 0 Å². The van der Waals surface area contributed by atoms with E-state index in [4.69, 9.17) is 0 Å². The molecular formula is C60H87FeO6. The maximum Gasteiger partial charge on any atom is 3.00 e. The number of rotatable bonds is 6. The second-order valence-electron chi connectivity index (χ2n) is 25.6. The molecule has 0 aromatic heterocycles. The summed E-state index contributed by atoms with van der Waals surface area (Å²) in [7, 11) is 0. The van der Waals surface area contributed by atoms with Crippen LogP contribution in [-0.4, -0.2) is 17.9 Å². The van der Waals surface area contributed by atoms with Crippen molar-refractivity contribution in [1.82, 2.24) is 0 Å². The van der Waals surface area contributed by atoms with Crippen LogP contribution in [0, 0.1) is 85.8 Å². The molecule has 0 bridgehead atoms. The molecule has 0 aromatic rings. The summed E-state index contributed by atoms with van der Waals surface area (Å²) in [5, 5.41) is 35.5. The van der Waals surface area contributed by atoms with Gasteiger partial charge in [-0.15, -0.1) is 0 Å². The predicted molar refractivity (Wildman–Crippen MR) is 261 cm³/mol. The second-order valence-corrected chi connectivity index (χ2v) is 25.6. The van der Waals surface area contributed by atoms with Crippen molar-refractivity contribution in [3.8, 4) is 0 Å². The Bertz CT molecular complexity index is 1870. The molecule has 9 aliphatic rings. The van der Waals surface area contributed by atoms with Crippen molar-refractivity contribution in [2.45, 2.75) is 199 Å². The van der Waals surface area contributed by atoms with E-state index in [1.54, 1.807) is 16.7 Å². The monoisotopic (exact) mass is 960 g/mol. The van der Waals surface area contributed by atoms with E-state index >= 15 is 0 Å². The number of allylic oxidation sites excluding steroid dienone is 12. The molecule has 0 aromatic carbocycles. The number of hydrogen-bond acceptors (Lipinski definition) is 6. The zero-order chi connectivity index (χ0) is 48.4. The average Bonchev–Trinajstić information content (AvgIpc) is 3.26. The summed E-state index contributed by atoms with van der Waals surface area (Å²) in [5.41, 5.74) is 7.52. The van der Waals surface area contributed by atoms with Crippen molar-refractivity contribution < 1.29 is 46.8 Å². The fourth-order valence-corrected chi connectivity index (χ4v) is 16.8. The van der Waals surface area contributed by atoms with Gasteiger partial charge in [-0.3, -0.25) is 0 Å². The molecule has 0 saturated heterocycles. The Labute approximate surface area is 417 Å². The number of aliphatic carboxylic acids is 3. The number of carbonyl (C=O) groups is 3. The molecule has 12 atom stereocenters. The minimum atomic E-state index is -0.838. The van der Waals surface area contributed by atoms with Crippen molar-refractivity contribution in [2.24, 2.45) is 85.8 Å². The van der Waals surface area contributed by atoms with Crippen LogP contribution in [-0.2, 0) is 31.5 Å². The molecule has 9 aliphatic carbocycles. The van der Waals surface area contributed by atoms with Crippen LogP contribution in [0.3, 0.4) is 0 Å². The molecule has 371 valence electrons. The minimum absolute atomic E-state index is 0. The maximum atomic E-state index is 11.8. The predicted octanol–water partition coefficient (Wildman–Crippen LogP) is 11.6. The Morgan fingerprint density at radius 3 is 0.896 bits per heavy atom. The third kappa shape index (κ3) is 9.40. The molecule has 0 aliphatic heterocycles. The van der Waals surface area contributed by atoms with Crippen LogP contribution >= 0.6 is 0 Å². The molecule has 3 saturated carbocycles. The zero-order valence-corrected chi connectivity index (χ0v) is 44.8. The summed E-state index contributed by atoms with van der Waals surface area (Å²) in [6.45, 7) is 26.5. The van der Waals surface area contributed by atoms with E-state index in [0.29, 0.717) is 35.5 Å². The molecule has 0 heterocycles. The van der Waals surface area contributed by atoms with Gasteiger partial charge in [0.15, 0.2) is 0 Å². The second kappa shape index (κ2) is 19.9. The van der Waals surface area contributed by atoms with Crippen LogP contribution in [0.15, 0.2) is 69.9 Å². The fourth-order valence-electron chi connectivity index (χ4n) is 16.8. The number of hydrogen-bond donors (Lipinski definition) is 0. The number of fused-ring (bicyclic) bond motifs is 9. The summed E-state index contributed by atoms with van der Waals surface area (Å²) in [4.78, 5) is 35.5. The molecule has 6 nitrogen and oxygen atoms in total. The van der Waals surface area contributed by atoms with Crippen LogP contribution in [0.4, 0.5) is 0 Å². The molecule has 67 heavy (non-hydrogen) atoms. The number of carboxylic acids is 3. The topological polar surface area (TPSA) is 120 Å². The van der Waals surface area contributed by atoms with Gasteiger partial charge in [-0.25, -0.2) is 0 Å². The van der Waals surface area contributed by atoms with E-state index in [1.807, 2.05) is 20.8 Å². The third-order valence-electron chi connectivity index (χ3n) is 21.1. The van der Waals surface area contributed by atoms with Gasteiger partial charge in [0, 0.05) is 34.2 Å². The summed E-state index contributed by atoms with van der Waals surface area (Å²) in [6.07, 6.45) is 32.9. The first kappa shape index (κ1) is 53.7. The van der Waals surface area contributed by atoms with Crippen LogP contribution in [0.25, 0.3) is 0 Å². The first-order valence-corrected chi connectivity index (χ1v) is 26.7. The van der Waals surface area contributed by atoms with E-state index in [2.05, 4.69) is 98.8 Å². The van der Waals surface area contributed by atoms with Crippen molar-refractivity contribution in [3.63, 3.8) is 0 Å². The maximum absolute atomic E-state index is 11.8. The molecule has 0 amide bonds. The van der Waals surface area contributed by atoms with Gasteiger partial charge < -0.3 is 29.7 Å². The van der Waals surface area contributed by atoms with Gasteiger partial charge >= 0.3 is 17.1 Å². The van der Waals surface area contributed by atoms with Crippen LogP contribution in [0.1, 0.15) is 199 Å². The summed E-state index contributed by atoms with van der Waals surface area (Å²) in [6, 6.07) is 0. The van der Waals surface area contributed by atoms with Crippen molar-refractivity contribution in [3.05, 3.63) is 69.9 Å². The van der Waals surface area contributed by atoms with E-state index < -0.39 is 34.2 Å². The normalized spacial score (nSPS) is 40.7. The van der Waals surface area contributed by atoms with Gasteiger partial charge in [0.25, 0.3) is 0 Å². The first-order chi connectivity index (χ1) is 30.9. The number of carbonyl (C=O) groups excluding carboxylic acids is 3. The Balaban J connectivity index is 0.000000165. The fraction of sp³-hybridized carbons (Fsp3) is 0.750. The molecule has 0 spiro atoms. The van der Waals surface area contributed by atoms with Crippen molar-refractivity contribution in [1.29, 1.82) is 0 Å². The van der Waals surface area contributed by atoms with Gasteiger partial charge in [0.05, 0.1) is 0 Å². The zero-order valence-electron chi connectivity index (χ0n) is 43.7. The summed E-state index contributed by atoms with van der Waals surface area (Å²) in [5.74, 6) is 1.61. The Kier molecular flexibility index (Phi) is 15.9. The first-order valence-electron chi connectivity index (χ1n) is 26.7. The van der Waals surface area contributed by atoms with Gasteiger partial charge in [-0.2, -0.15) is 0 Å². The number of carboxylic acid groups (broad SMARTS) is 3. The van der Waals surface area contributed by atoms with E-state index in [1.165, 1.54) is 55.2 Å². The smallest absolute Gasteiger partial charge is 0.550 e. The van der Waals surface area contributed by atoms with Gasteiger partial charge in [-0.1, -0.05) is 156 Å². The van der Waals surface area contributed by atoms with E-state index in [-0.39, 0.29) is 51.1 Å². The van der Waals surface area contributed by atoms with Crippen LogP contribution < -0.4 is 15.3 Å². The van der Waals surface area contributed by atoms with Gasteiger partial charge in [-0.05, 0) is 183 Å². The van der Waals surface area contributed by atoms with Crippen molar-refractivity contribution in [2.75, 3.05) is 0 Å². The minimum Gasteiger partial charge on any atom is -0.550 e. The summed E-state index contributed by atoms with van der Waals surface area (Å²) >= 11 is 0. The standard InChI is InChI=1S/3C20H30O2.Fe/c3*1-13(2)14-6-8-16-15(12-14)7-9-17-19(16,3)10-5-11-20(17,4)18(21)22;/h3*7,12-13,16-17H,5-6,8-11H2,1-4H3,(H,21,22);/q;;;+3/p-3/t3*16-,17?,19+,20+;/m000./s1. The van der Waals surface area contributed by atoms with Crippen molar-refractivity contribution >= 4 is 17.9 Å². The van der Waals surface area contributed by atoms with Crippen LogP contribution in [0.2, 0.25) is 0 Å².